The lowest BCUT2D eigenvalue weighted by Crippen LogP contribution is -2.49. The van der Waals surface area contributed by atoms with Crippen LogP contribution in [0.25, 0.3) is 0 Å². The molecular formula is C17H26N2O3. The van der Waals surface area contributed by atoms with Crippen molar-refractivity contribution in [3.8, 4) is 5.75 Å². The summed E-state index contributed by atoms with van der Waals surface area (Å²) in [7, 11) is 0. The monoisotopic (exact) mass is 306 g/mol. The highest BCUT2D eigenvalue weighted by Gasteiger charge is 2.38. The summed E-state index contributed by atoms with van der Waals surface area (Å²) in [5.74, 6) is 0.855. The number of carbonyl (C=O) groups excluding carboxylic acids is 1. The molecule has 0 spiro atoms. The fraction of sp³-hybridized carbons (Fsp3) is 0.588. The van der Waals surface area contributed by atoms with E-state index in [1.54, 1.807) is 0 Å². The maximum atomic E-state index is 12.4. The average molecular weight is 306 g/mol. The van der Waals surface area contributed by atoms with Gasteiger partial charge in [0.25, 0.3) is 0 Å². The van der Waals surface area contributed by atoms with Gasteiger partial charge in [-0.3, -0.25) is 4.79 Å². The predicted molar refractivity (Wildman–Crippen MR) is 86.0 cm³/mol. The Balaban J connectivity index is 1.79. The predicted octanol–water partition coefficient (Wildman–Crippen LogP) is 1.55. The second-order valence-electron chi connectivity index (χ2n) is 6.02. The van der Waals surface area contributed by atoms with Crippen LogP contribution in [-0.4, -0.2) is 38.8 Å². The summed E-state index contributed by atoms with van der Waals surface area (Å²) in [6.07, 6.45) is 1.38. The van der Waals surface area contributed by atoms with Gasteiger partial charge in [0.15, 0.2) is 0 Å². The molecular weight excluding hydrogens is 280 g/mol. The second-order valence-corrected chi connectivity index (χ2v) is 6.02. The third kappa shape index (κ3) is 4.21. The number of nitrogens with two attached hydrogens (primary N) is 1. The van der Waals surface area contributed by atoms with E-state index in [0.29, 0.717) is 45.8 Å². The number of benzene rings is 1. The van der Waals surface area contributed by atoms with E-state index in [1.807, 2.05) is 26.0 Å². The molecule has 0 bridgehead atoms. The molecule has 22 heavy (non-hydrogen) atoms. The van der Waals surface area contributed by atoms with Crippen LogP contribution in [0.2, 0.25) is 0 Å². The summed E-state index contributed by atoms with van der Waals surface area (Å²) in [6, 6.07) is 6.09. The van der Waals surface area contributed by atoms with Crippen LogP contribution >= 0.6 is 0 Å². The van der Waals surface area contributed by atoms with Gasteiger partial charge in [0, 0.05) is 19.8 Å². The Kier molecular flexibility index (Phi) is 5.80. The minimum atomic E-state index is -0.474. The average Bonchev–Trinajstić information content (AvgIpc) is 2.51. The fourth-order valence-corrected chi connectivity index (χ4v) is 2.82. The molecule has 0 aromatic heterocycles. The number of nitrogens with one attached hydrogen (secondary N) is 1. The van der Waals surface area contributed by atoms with Crippen LogP contribution in [0.3, 0.4) is 0 Å². The van der Waals surface area contributed by atoms with Crippen molar-refractivity contribution in [2.24, 2.45) is 11.1 Å². The molecule has 1 aliphatic rings. The van der Waals surface area contributed by atoms with Crippen molar-refractivity contribution in [1.82, 2.24) is 5.32 Å². The quantitative estimate of drug-likeness (QED) is 0.782. The Morgan fingerprint density at radius 2 is 1.91 bits per heavy atom. The fourth-order valence-electron chi connectivity index (χ4n) is 2.82. The van der Waals surface area contributed by atoms with Crippen molar-refractivity contribution in [3.05, 3.63) is 29.3 Å². The molecule has 1 aromatic rings. The number of rotatable bonds is 6. The van der Waals surface area contributed by atoms with Crippen molar-refractivity contribution < 1.29 is 14.3 Å². The first-order valence-corrected chi connectivity index (χ1v) is 7.83. The van der Waals surface area contributed by atoms with E-state index in [0.717, 1.165) is 5.75 Å². The van der Waals surface area contributed by atoms with E-state index in [-0.39, 0.29) is 5.91 Å². The van der Waals surface area contributed by atoms with E-state index >= 15 is 0 Å². The Bertz CT molecular complexity index is 490. The molecule has 0 atom stereocenters. The molecule has 122 valence electrons. The largest absolute Gasteiger partial charge is 0.492 e. The van der Waals surface area contributed by atoms with E-state index in [1.165, 1.54) is 11.1 Å². The minimum absolute atomic E-state index is 0.0160. The number of amides is 1. The first-order valence-electron chi connectivity index (χ1n) is 7.83. The van der Waals surface area contributed by atoms with E-state index < -0.39 is 5.41 Å². The molecule has 5 nitrogen and oxygen atoms in total. The topological polar surface area (TPSA) is 73.6 Å². The maximum absolute atomic E-state index is 12.4. The SMILES string of the molecule is Cc1cc(C)cc(OCCNC(=O)C2(CN)CCOCC2)c1. The summed E-state index contributed by atoms with van der Waals surface area (Å²) >= 11 is 0. The Morgan fingerprint density at radius 1 is 1.27 bits per heavy atom. The highest BCUT2D eigenvalue weighted by atomic mass is 16.5. The van der Waals surface area contributed by atoms with Gasteiger partial charge in [0.05, 0.1) is 12.0 Å². The van der Waals surface area contributed by atoms with Crippen molar-refractivity contribution in [3.63, 3.8) is 0 Å². The molecule has 0 aliphatic carbocycles. The van der Waals surface area contributed by atoms with Gasteiger partial charge in [-0.05, 0) is 49.9 Å². The lowest BCUT2D eigenvalue weighted by Gasteiger charge is -2.34. The first kappa shape index (κ1) is 16.8. The summed E-state index contributed by atoms with van der Waals surface area (Å²) in [6.45, 7) is 6.57. The van der Waals surface area contributed by atoms with Gasteiger partial charge in [0.1, 0.15) is 12.4 Å². The summed E-state index contributed by atoms with van der Waals surface area (Å²) < 4.78 is 11.0. The molecule has 1 saturated heterocycles. The smallest absolute Gasteiger partial charge is 0.227 e. The van der Waals surface area contributed by atoms with Crippen LogP contribution in [0.4, 0.5) is 0 Å². The minimum Gasteiger partial charge on any atom is -0.492 e. The van der Waals surface area contributed by atoms with Crippen LogP contribution in [-0.2, 0) is 9.53 Å². The summed E-state index contributed by atoms with van der Waals surface area (Å²) in [5.41, 5.74) is 7.69. The molecule has 0 saturated carbocycles. The number of aryl methyl sites for hydroxylation is 2. The number of ether oxygens (including phenoxy) is 2. The van der Waals surface area contributed by atoms with Crippen LogP contribution < -0.4 is 15.8 Å². The van der Waals surface area contributed by atoms with E-state index in [2.05, 4.69) is 11.4 Å². The zero-order chi connectivity index (χ0) is 16.0. The van der Waals surface area contributed by atoms with Gasteiger partial charge in [-0.15, -0.1) is 0 Å². The first-order chi connectivity index (χ1) is 10.6. The van der Waals surface area contributed by atoms with Crippen LogP contribution in [0.15, 0.2) is 18.2 Å². The highest BCUT2D eigenvalue weighted by molar-refractivity contribution is 5.83. The van der Waals surface area contributed by atoms with Crippen molar-refractivity contribution >= 4 is 5.91 Å². The second kappa shape index (κ2) is 7.61. The number of hydrogen-bond acceptors (Lipinski definition) is 4. The number of hydrogen-bond donors (Lipinski definition) is 2. The molecule has 0 unspecified atom stereocenters. The van der Waals surface area contributed by atoms with E-state index in [4.69, 9.17) is 15.2 Å². The number of carbonyl (C=O) groups is 1. The van der Waals surface area contributed by atoms with Crippen molar-refractivity contribution in [2.45, 2.75) is 26.7 Å². The normalized spacial score (nSPS) is 17.0. The third-order valence-electron chi connectivity index (χ3n) is 4.17. The highest BCUT2D eigenvalue weighted by Crippen LogP contribution is 2.29. The van der Waals surface area contributed by atoms with Crippen molar-refractivity contribution in [2.75, 3.05) is 32.9 Å². The van der Waals surface area contributed by atoms with Gasteiger partial charge >= 0.3 is 0 Å². The van der Waals surface area contributed by atoms with Crippen molar-refractivity contribution in [1.29, 1.82) is 0 Å². The molecule has 1 amide bonds. The summed E-state index contributed by atoms with van der Waals surface area (Å²) in [5, 5.41) is 2.94. The Labute approximate surface area is 132 Å². The molecule has 0 radical (unpaired) electrons. The Morgan fingerprint density at radius 3 is 2.50 bits per heavy atom. The molecule has 2 rings (SSSR count). The zero-order valence-electron chi connectivity index (χ0n) is 13.5. The van der Waals surface area contributed by atoms with Gasteiger partial charge in [0.2, 0.25) is 5.91 Å². The standard InChI is InChI=1S/C17H26N2O3/c1-13-9-14(2)11-15(10-13)22-8-5-19-16(20)17(12-18)3-6-21-7-4-17/h9-11H,3-8,12,18H2,1-2H3,(H,19,20). The molecule has 3 N–H and O–H groups in total. The third-order valence-corrected chi connectivity index (χ3v) is 4.17. The molecule has 1 fully saturated rings. The zero-order valence-corrected chi connectivity index (χ0v) is 13.5. The van der Waals surface area contributed by atoms with Gasteiger partial charge < -0.3 is 20.5 Å². The van der Waals surface area contributed by atoms with Crippen LogP contribution in [0, 0.1) is 19.3 Å². The lowest BCUT2D eigenvalue weighted by molar-refractivity contribution is -0.136. The van der Waals surface area contributed by atoms with Crippen LogP contribution in [0.1, 0.15) is 24.0 Å². The van der Waals surface area contributed by atoms with E-state index in [9.17, 15) is 4.79 Å². The molecule has 1 aliphatic heterocycles. The Hall–Kier alpha value is -1.59. The maximum Gasteiger partial charge on any atom is 0.227 e. The van der Waals surface area contributed by atoms with Gasteiger partial charge in [-0.25, -0.2) is 0 Å². The van der Waals surface area contributed by atoms with Gasteiger partial charge in [-0.1, -0.05) is 6.07 Å². The molecule has 1 heterocycles. The van der Waals surface area contributed by atoms with Gasteiger partial charge in [-0.2, -0.15) is 0 Å². The lowest BCUT2D eigenvalue weighted by atomic mass is 9.79. The van der Waals surface area contributed by atoms with Crippen LogP contribution in [0.5, 0.6) is 5.75 Å². The summed E-state index contributed by atoms with van der Waals surface area (Å²) in [4.78, 5) is 12.4. The molecule has 5 heteroatoms. The molecule has 1 aromatic carbocycles.